The number of alkyl halides is 3. The minimum Gasteiger partial charge on any atom is -0.496 e. The average molecular weight is 492 g/mol. The maximum Gasteiger partial charge on any atom is 0.296 e. The van der Waals surface area contributed by atoms with Crippen molar-refractivity contribution >= 4 is 69.4 Å². The molecule has 2 aromatic carbocycles. The molecule has 0 aliphatic carbocycles. The molecular weight excluding hydrogens is 475 g/mol. The van der Waals surface area contributed by atoms with Gasteiger partial charge in [-0.2, -0.15) is 0 Å². The SMILES string of the molecule is COc1ccc(NC(=S)N[C@H](NC(=O)c2cccc(C)c2)C(Cl)(Cl)Cl)c([N+](=O)[O-])c1. The molecule has 30 heavy (non-hydrogen) atoms. The molecule has 1 atom stereocenters. The maximum atomic E-state index is 12.5. The third-order valence-electron chi connectivity index (χ3n) is 3.81. The van der Waals surface area contributed by atoms with E-state index in [9.17, 15) is 14.9 Å². The molecule has 0 unspecified atom stereocenters. The Bertz CT molecular complexity index is 969. The highest BCUT2D eigenvalue weighted by Gasteiger charge is 2.35. The summed E-state index contributed by atoms with van der Waals surface area (Å²) in [7, 11) is 1.39. The minimum atomic E-state index is -1.98. The minimum absolute atomic E-state index is 0.0892. The van der Waals surface area contributed by atoms with Crippen molar-refractivity contribution in [2.75, 3.05) is 12.4 Å². The number of nitrogens with one attached hydrogen (secondary N) is 3. The van der Waals surface area contributed by atoms with Crippen LogP contribution < -0.4 is 20.7 Å². The van der Waals surface area contributed by atoms with Gasteiger partial charge in [-0.05, 0) is 43.4 Å². The quantitative estimate of drug-likeness (QED) is 0.182. The molecule has 2 aromatic rings. The van der Waals surface area contributed by atoms with Crippen molar-refractivity contribution in [3.8, 4) is 5.75 Å². The lowest BCUT2D eigenvalue weighted by molar-refractivity contribution is -0.384. The molecule has 0 aliphatic heterocycles. The van der Waals surface area contributed by atoms with Crippen LogP contribution in [-0.2, 0) is 0 Å². The van der Waals surface area contributed by atoms with Gasteiger partial charge in [0.05, 0.1) is 18.1 Å². The van der Waals surface area contributed by atoms with Crippen molar-refractivity contribution in [1.82, 2.24) is 10.6 Å². The third-order valence-corrected chi connectivity index (χ3v) is 4.68. The van der Waals surface area contributed by atoms with Crippen LogP contribution in [0.2, 0.25) is 0 Å². The number of nitro groups is 1. The van der Waals surface area contributed by atoms with E-state index in [1.54, 1.807) is 18.2 Å². The number of methoxy groups -OCH3 is 1. The first-order valence-corrected chi connectivity index (χ1v) is 9.89. The summed E-state index contributed by atoms with van der Waals surface area (Å²) in [6.45, 7) is 1.84. The van der Waals surface area contributed by atoms with Gasteiger partial charge in [0.25, 0.3) is 11.6 Å². The Hall–Kier alpha value is -2.33. The summed E-state index contributed by atoms with van der Waals surface area (Å²) < 4.78 is 3.01. The molecule has 0 heterocycles. The van der Waals surface area contributed by atoms with Crippen molar-refractivity contribution in [3.63, 3.8) is 0 Å². The Morgan fingerprint density at radius 2 is 1.90 bits per heavy atom. The molecule has 0 bridgehead atoms. The number of halogens is 3. The normalized spacial score (nSPS) is 11.9. The zero-order valence-corrected chi connectivity index (χ0v) is 18.8. The lowest BCUT2D eigenvalue weighted by atomic mass is 10.1. The number of hydrogen-bond acceptors (Lipinski definition) is 5. The smallest absolute Gasteiger partial charge is 0.296 e. The number of carbonyl (C=O) groups excluding carboxylic acids is 1. The van der Waals surface area contributed by atoms with Gasteiger partial charge in [-0.1, -0.05) is 52.5 Å². The second-order valence-electron chi connectivity index (χ2n) is 6.06. The van der Waals surface area contributed by atoms with E-state index in [1.807, 2.05) is 13.0 Å². The molecule has 0 spiro atoms. The van der Waals surface area contributed by atoms with E-state index in [2.05, 4.69) is 16.0 Å². The van der Waals surface area contributed by atoms with E-state index in [1.165, 1.54) is 25.3 Å². The van der Waals surface area contributed by atoms with E-state index in [0.29, 0.717) is 11.3 Å². The second-order valence-corrected chi connectivity index (χ2v) is 8.83. The summed E-state index contributed by atoms with van der Waals surface area (Å²) in [6.07, 6.45) is -1.23. The van der Waals surface area contributed by atoms with Gasteiger partial charge in [0.2, 0.25) is 3.79 Å². The molecule has 0 aromatic heterocycles. The van der Waals surface area contributed by atoms with E-state index in [0.717, 1.165) is 5.56 Å². The van der Waals surface area contributed by atoms with Crippen LogP contribution in [-0.4, -0.2) is 33.0 Å². The average Bonchev–Trinajstić information content (AvgIpc) is 2.66. The van der Waals surface area contributed by atoms with Crippen LogP contribution in [0.3, 0.4) is 0 Å². The molecule has 12 heteroatoms. The number of ether oxygens (including phenoxy) is 1. The summed E-state index contributed by atoms with van der Waals surface area (Å²) >= 11 is 23.1. The zero-order chi connectivity index (χ0) is 22.5. The van der Waals surface area contributed by atoms with Crippen molar-refractivity contribution in [3.05, 3.63) is 63.7 Å². The predicted octanol–water partition coefficient (Wildman–Crippen LogP) is 4.32. The van der Waals surface area contributed by atoms with E-state index >= 15 is 0 Å². The van der Waals surface area contributed by atoms with Crippen LogP contribution in [0.4, 0.5) is 11.4 Å². The molecule has 0 saturated carbocycles. The summed E-state index contributed by atoms with van der Waals surface area (Å²) in [5, 5.41) is 19.1. The fraction of sp³-hybridized carbons (Fsp3) is 0.222. The maximum absolute atomic E-state index is 12.5. The summed E-state index contributed by atoms with van der Waals surface area (Å²) in [5.74, 6) is -0.198. The van der Waals surface area contributed by atoms with Crippen LogP contribution >= 0.6 is 47.0 Å². The first kappa shape index (κ1) is 23.9. The van der Waals surface area contributed by atoms with Gasteiger partial charge in [-0.15, -0.1) is 0 Å². The fourth-order valence-corrected chi connectivity index (χ4v) is 2.94. The lowest BCUT2D eigenvalue weighted by Gasteiger charge is -2.27. The van der Waals surface area contributed by atoms with Crippen LogP contribution in [0.5, 0.6) is 5.75 Å². The predicted molar refractivity (Wildman–Crippen MR) is 122 cm³/mol. The molecule has 160 valence electrons. The van der Waals surface area contributed by atoms with Crippen LogP contribution in [0, 0.1) is 17.0 Å². The molecule has 8 nitrogen and oxygen atoms in total. The Balaban J connectivity index is 2.16. The molecule has 3 N–H and O–H groups in total. The zero-order valence-electron chi connectivity index (χ0n) is 15.7. The third kappa shape index (κ3) is 6.60. The number of nitro benzene ring substituents is 1. The molecule has 1 amide bonds. The fourth-order valence-electron chi connectivity index (χ4n) is 2.39. The van der Waals surface area contributed by atoms with Gasteiger partial charge >= 0.3 is 0 Å². The second kappa shape index (κ2) is 10.1. The number of nitrogens with zero attached hydrogens (tertiary/aromatic N) is 1. The highest BCUT2D eigenvalue weighted by atomic mass is 35.6. The molecule has 0 saturated heterocycles. The van der Waals surface area contributed by atoms with Gasteiger partial charge in [-0.25, -0.2) is 0 Å². The number of hydrogen-bond donors (Lipinski definition) is 3. The number of carbonyl (C=O) groups is 1. The first-order valence-electron chi connectivity index (χ1n) is 8.35. The van der Waals surface area contributed by atoms with Gasteiger partial charge in [0.1, 0.15) is 17.6 Å². The highest BCUT2D eigenvalue weighted by Crippen LogP contribution is 2.31. The van der Waals surface area contributed by atoms with Crippen molar-refractivity contribution < 1.29 is 14.5 Å². The van der Waals surface area contributed by atoms with E-state index in [4.69, 9.17) is 51.8 Å². The van der Waals surface area contributed by atoms with E-state index in [-0.39, 0.29) is 16.5 Å². The molecule has 0 radical (unpaired) electrons. The van der Waals surface area contributed by atoms with E-state index < -0.39 is 20.8 Å². The standard InChI is InChI=1S/C18H17Cl3N4O4S/c1-10-4-3-5-11(8-10)15(26)23-16(18(19,20)21)24-17(30)22-13-7-6-12(29-2)9-14(13)25(27)28/h3-9,16H,1-2H3,(H,23,26)(H2,22,24,30)/t16-/m0/s1. The number of anilines is 1. The Labute approximate surface area is 193 Å². The van der Waals surface area contributed by atoms with Crippen molar-refractivity contribution in [2.24, 2.45) is 0 Å². The number of thiocarbonyl (C=S) groups is 1. The summed E-state index contributed by atoms with van der Waals surface area (Å²) in [5.41, 5.74) is 1.06. The van der Waals surface area contributed by atoms with Crippen molar-refractivity contribution in [2.45, 2.75) is 16.9 Å². The van der Waals surface area contributed by atoms with Gasteiger partial charge < -0.3 is 20.7 Å². The Kier molecular flexibility index (Phi) is 8.08. The van der Waals surface area contributed by atoms with Gasteiger partial charge in [0, 0.05) is 5.56 Å². The van der Waals surface area contributed by atoms with Crippen molar-refractivity contribution in [1.29, 1.82) is 0 Å². The lowest BCUT2D eigenvalue weighted by Crippen LogP contribution is -2.56. The largest absolute Gasteiger partial charge is 0.496 e. The first-order chi connectivity index (χ1) is 14.0. The van der Waals surface area contributed by atoms with Crippen LogP contribution in [0.15, 0.2) is 42.5 Å². The van der Waals surface area contributed by atoms with Crippen LogP contribution in [0.25, 0.3) is 0 Å². The monoisotopic (exact) mass is 490 g/mol. The van der Waals surface area contributed by atoms with Gasteiger partial charge in [0.15, 0.2) is 5.11 Å². The molecular formula is C18H17Cl3N4O4S. The molecule has 0 aliphatic rings. The number of aryl methyl sites for hydroxylation is 1. The summed E-state index contributed by atoms with van der Waals surface area (Å²) in [4.78, 5) is 23.2. The highest BCUT2D eigenvalue weighted by molar-refractivity contribution is 7.80. The van der Waals surface area contributed by atoms with Crippen LogP contribution in [0.1, 0.15) is 15.9 Å². The number of rotatable bonds is 6. The summed E-state index contributed by atoms with van der Waals surface area (Å²) in [6, 6.07) is 11.0. The topological polar surface area (TPSA) is 106 Å². The molecule has 0 fully saturated rings. The number of benzene rings is 2. The Morgan fingerprint density at radius 1 is 1.20 bits per heavy atom. The molecule has 2 rings (SSSR count). The Morgan fingerprint density at radius 3 is 2.47 bits per heavy atom. The van der Waals surface area contributed by atoms with Gasteiger partial charge in [-0.3, -0.25) is 14.9 Å². The number of amides is 1.